The van der Waals surface area contributed by atoms with Gasteiger partial charge in [-0.3, -0.25) is 9.69 Å². The van der Waals surface area contributed by atoms with Gasteiger partial charge >= 0.3 is 0 Å². The van der Waals surface area contributed by atoms with Crippen molar-refractivity contribution in [3.63, 3.8) is 0 Å². The molecule has 0 unspecified atom stereocenters. The minimum atomic E-state index is 0.241. The maximum Gasteiger partial charge on any atom is 0.207 e. The molecule has 1 amide bonds. The number of piperidine rings is 1. The van der Waals surface area contributed by atoms with Crippen LogP contribution < -0.4 is 5.32 Å². The first-order chi connectivity index (χ1) is 12.2. The molecule has 1 fully saturated rings. The van der Waals surface area contributed by atoms with E-state index in [4.69, 9.17) is 0 Å². The lowest BCUT2D eigenvalue weighted by molar-refractivity contribution is -0.110. The number of nitrogens with one attached hydrogen (secondary N) is 2. The lowest BCUT2D eigenvalue weighted by Gasteiger charge is -2.47. The second kappa shape index (κ2) is 6.76. The van der Waals surface area contributed by atoms with E-state index >= 15 is 0 Å². The Kier molecular flexibility index (Phi) is 4.63. The average molecular weight is 404 g/mol. The van der Waals surface area contributed by atoms with Crippen molar-refractivity contribution in [2.24, 2.45) is 0 Å². The molecule has 2 heterocycles. The predicted octanol–water partition coefficient (Wildman–Crippen LogP) is 3.73. The van der Waals surface area contributed by atoms with Gasteiger partial charge in [-0.15, -0.1) is 0 Å². The maximum absolute atomic E-state index is 11.0. The Bertz CT molecular complexity index is 800. The Labute approximate surface area is 157 Å². The van der Waals surface area contributed by atoms with Gasteiger partial charge in [-0.1, -0.05) is 29.8 Å². The number of rotatable bonds is 5. The van der Waals surface area contributed by atoms with Gasteiger partial charge in [0.1, 0.15) is 0 Å². The number of aromatic nitrogens is 1. The fourth-order valence-electron chi connectivity index (χ4n) is 5.06. The highest BCUT2D eigenvalue weighted by atomic mass is 79.9. The van der Waals surface area contributed by atoms with Crippen LogP contribution in [0.5, 0.6) is 0 Å². The number of halogens is 1. The van der Waals surface area contributed by atoms with Crippen molar-refractivity contribution >= 4 is 33.2 Å². The normalized spacial score (nSPS) is 25.8. The van der Waals surface area contributed by atoms with Crippen LogP contribution in [0.1, 0.15) is 49.4 Å². The number of nitrogens with zero attached hydrogens (tertiary/aromatic N) is 1. The highest BCUT2D eigenvalue weighted by molar-refractivity contribution is 9.10. The first-order valence-corrected chi connectivity index (χ1v) is 10.2. The number of carbonyl (C=O) groups excluding carboxylic acids is 1. The molecule has 2 aliphatic rings. The molecule has 0 radical (unpaired) electrons. The Morgan fingerprint density at radius 1 is 1.40 bits per heavy atom. The van der Waals surface area contributed by atoms with E-state index < -0.39 is 0 Å². The van der Waals surface area contributed by atoms with Crippen molar-refractivity contribution in [2.45, 2.75) is 57.5 Å². The zero-order valence-corrected chi connectivity index (χ0v) is 16.5. The topological polar surface area (TPSA) is 48.1 Å². The standard InChI is InChI=1S/C20H26BrN3O/c1-3-5-24-10-13(22-11-25)8-14-15-6-12(21)7-18-20(15)16(9-19(14)24)17(4-2)23-18/h6-7,11,13-14,19,23H,3-5,8-10H2,1-2H3,(H,22,25)/t13-,14+,19+/m0/s1. The number of hydrogen-bond acceptors (Lipinski definition) is 2. The molecular formula is C20H26BrN3O. The summed E-state index contributed by atoms with van der Waals surface area (Å²) in [7, 11) is 0. The average Bonchev–Trinajstić information content (AvgIpc) is 2.94. The van der Waals surface area contributed by atoms with Gasteiger partial charge in [-0.25, -0.2) is 0 Å². The van der Waals surface area contributed by atoms with E-state index in [2.05, 4.69) is 57.1 Å². The molecule has 25 heavy (non-hydrogen) atoms. The number of aromatic amines is 1. The fraction of sp³-hybridized carbons (Fsp3) is 0.550. The van der Waals surface area contributed by atoms with Crippen LogP contribution in [0.25, 0.3) is 10.9 Å². The molecule has 134 valence electrons. The SMILES string of the molecule is CCCN1C[C@@H](NC=O)C[C@@H]2c3cc(Br)cc4[nH]c(CC)c(c34)C[C@H]21. The molecule has 0 spiro atoms. The lowest BCUT2D eigenvalue weighted by atomic mass is 9.73. The molecule has 2 N–H and O–H groups in total. The molecule has 1 aromatic heterocycles. The number of fused-ring (bicyclic) bond motifs is 2. The smallest absolute Gasteiger partial charge is 0.207 e. The number of H-pyrrole nitrogens is 1. The van der Waals surface area contributed by atoms with Crippen LogP contribution in [-0.4, -0.2) is 41.5 Å². The van der Waals surface area contributed by atoms with E-state index in [1.54, 1.807) is 0 Å². The van der Waals surface area contributed by atoms with E-state index in [1.165, 1.54) is 27.7 Å². The monoisotopic (exact) mass is 403 g/mol. The Morgan fingerprint density at radius 3 is 2.96 bits per heavy atom. The molecular weight excluding hydrogens is 378 g/mol. The molecule has 4 rings (SSSR count). The maximum atomic E-state index is 11.0. The van der Waals surface area contributed by atoms with Crippen LogP contribution in [0.2, 0.25) is 0 Å². The number of carbonyl (C=O) groups is 1. The molecule has 0 saturated carbocycles. The van der Waals surface area contributed by atoms with Gasteiger partial charge in [0.25, 0.3) is 0 Å². The fourth-order valence-corrected chi connectivity index (χ4v) is 5.53. The van der Waals surface area contributed by atoms with Crippen LogP contribution in [0, 0.1) is 0 Å². The summed E-state index contributed by atoms with van der Waals surface area (Å²) >= 11 is 3.71. The molecule has 1 aliphatic carbocycles. The van der Waals surface area contributed by atoms with Gasteiger partial charge in [0, 0.05) is 45.6 Å². The summed E-state index contributed by atoms with van der Waals surface area (Å²) in [6.45, 7) is 6.53. The van der Waals surface area contributed by atoms with Gasteiger partial charge < -0.3 is 10.3 Å². The van der Waals surface area contributed by atoms with E-state index in [0.29, 0.717) is 12.0 Å². The first-order valence-electron chi connectivity index (χ1n) is 9.42. The molecule has 1 aromatic carbocycles. The lowest BCUT2D eigenvalue weighted by Crippen LogP contribution is -2.55. The number of benzene rings is 1. The van der Waals surface area contributed by atoms with Crippen molar-refractivity contribution < 1.29 is 4.79 Å². The zero-order valence-electron chi connectivity index (χ0n) is 14.9. The zero-order chi connectivity index (χ0) is 17.6. The van der Waals surface area contributed by atoms with E-state index in [9.17, 15) is 4.79 Å². The van der Waals surface area contributed by atoms with Crippen LogP contribution in [0.15, 0.2) is 16.6 Å². The molecule has 3 atom stereocenters. The van der Waals surface area contributed by atoms with Crippen molar-refractivity contribution in [1.82, 2.24) is 15.2 Å². The molecule has 0 bridgehead atoms. The largest absolute Gasteiger partial charge is 0.358 e. The predicted molar refractivity (Wildman–Crippen MR) is 105 cm³/mol. The Balaban J connectivity index is 1.84. The third-order valence-electron chi connectivity index (χ3n) is 5.99. The summed E-state index contributed by atoms with van der Waals surface area (Å²) in [5.74, 6) is 0.478. The summed E-state index contributed by atoms with van der Waals surface area (Å²) in [4.78, 5) is 17.3. The van der Waals surface area contributed by atoms with Crippen molar-refractivity contribution in [2.75, 3.05) is 13.1 Å². The molecule has 2 aromatic rings. The van der Waals surface area contributed by atoms with Gasteiger partial charge in [0.2, 0.25) is 6.41 Å². The Morgan fingerprint density at radius 2 is 2.24 bits per heavy atom. The number of amides is 1. The number of likely N-dealkylation sites (tertiary alicyclic amines) is 1. The Hall–Kier alpha value is -1.33. The summed E-state index contributed by atoms with van der Waals surface area (Å²) in [6.07, 6.45) is 5.20. The van der Waals surface area contributed by atoms with Crippen LogP contribution in [-0.2, 0) is 17.6 Å². The van der Waals surface area contributed by atoms with E-state index in [-0.39, 0.29) is 6.04 Å². The van der Waals surface area contributed by atoms with Crippen LogP contribution >= 0.6 is 15.9 Å². The second-order valence-electron chi connectivity index (χ2n) is 7.44. The molecule has 1 aliphatic heterocycles. The second-order valence-corrected chi connectivity index (χ2v) is 8.36. The summed E-state index contributed by atoms with van der Waals surface area (Å²) in [6, 6.07) is 5.29. The third-order valence-corrected chi connectivity index (χ3v) is 6.45. The quantitative estimate of drug-likeness (QED) is 0.747. The minimum absolute atomic E-state index is 0.241. The molecule has 4 nitrogen and oxygen atoms in total. The van der Waals surface area contributed by atoms with Gasteiger partial charge in [0.15, 0.2) is 0 Å². The molecule has 5 heteroatoms. The van der Waals surface area contributed by atoms with Gasteiger partial charge in [0.05, 0.1) is 0 Å². The highest BCUT2D eigenvalue weighted by Gasteiger charge is 2.41. The van der Waals surface area contributed by atoms with Gasteiger partial charge in [-0.2, -0.15) is 0 Å². The van der Waals surface area contributed by atoms with E-state index in [0.717, 1.165) is 49.7 Å². The summed E-state index contributed by atoms with van der Waals surface area (Å²) in [5.41, 5.74) is 5.61. The van der Waals surface area contributed by atoms with Crippen molar-refractivity contribution in [3.05, 3.63) is 33.4 Å². The summed E-state index contributed by atoms with van der Waals surface area (Å²) in [5, 5.41) is 4.49. The number of hydrogen-bond donors (Lipinski definition) is 2. The minimum Gasteiger partial charge on any atom is -0.358 e. The molecule has 1 saturated heterocycles. The third kappa shape index (κ3) is 2.81. The van der Waals surface area contributed by atoms with Crippen LogP contribution in [0.3, 0.4) is 0 Å². The highest BCUT2D eigenvalue weighted by Crippen LogP contribution is 2.45. The van der Waals surface area contributed by atoms with Crippen molar-refractivity contribution in [1.29, 1.82) is 0 Å². The van der Waals surface area contributed by atoms with Gasteiger partial charge in [-0.05, 0) is 55.5 Å². The summed E-state index contributed by atoms with van der Waals surface area (Å²) < 4.78 is 1.14. The van der Waals surface area contributed by atoms with E-state index in [1.807, 2.05) is 0 Å². The van der Waals surface area contributed by atoms with Crippen molar-refractivity contribution in [3.8, 4) is 0 Å². The first kappa shape index (κ1) is 17.1. The van der Waals surface area contributed by atoms with Crippen LogP contribution in [0.4, 0.5) is 0 Å². The number of aryl methyl sites for hydroxylation is 1.